The maximum absolute atomic E-state index is 11.5. The van der Waals surface area contributed by atoms with Crippen LogP contribution in [0.15, 0.2) is 18.3 Å². The largest absolute Gasteiger partial charge is 0.397 e. The van der Waals surface area contributed by atoms with E-state index in [9.17, 15) is 9.59 Å². The lowest BCUT2D eigenvalue weighted by molar-refractivity contribution is -0.125. The summed E-state index contributed by atoms with van der Waals surface area (Å²) in [5.41, 5.74) is 10.6. The van der Waals surface area contributed by atoms with E-state index in [0.717, 1.165) is 0 Å². The van der Waals surface area contributed by atoms with Gasteiger partial charge in [0.25, 0.3) is 5.91 Å². The summed E-state index contributed by atoms with van der Waals surface area (Å²) in [4.78, 5) is 25.7. The third-order valence-electron chi connectivity index (χ3n) is 1.84. The van der Waals surface area contributed by atoms with Gasteiger partial charge in [0.15, 0.2) is 5.69 Å². The van der Waals surface area contributed by atoms with E-state index >= 15 is 0 Å². The Labute approximate surface area is 91.5 Å². The Bertz CT molecular complexity index is 407. The van der Waals surface area contributed by atoms with E-state index in [1.807, 2.05) is 0 Å². The lowest BCUT2D eigenvalue weighted by Gasteiger charge is -2.08. The molecule has 1 aromatic heterocycles. The van der Waals surface area contributed by atoms with Crippen LogP contribution in [0.5, 0.6) is 0 Å². The van der Waals surface area contributed by atoms with Crippen molar-refractivity contribution in [2.24, 2.45) is 5.73 Å². The fraction of sp³-hybridized carbons (Fsp3) is 0.222. The van der Waals surface area contributed by atoms with Gasteiger partial charge in [-0.05, 0) is 12.1 Å². The number of hydrogen-bond donors (Lipinski definition) is 4. The number of pyridine rings is 1. The van der Waals surface area contributed by atoms with Crippen LogP contribution in [0.3, 0.4) is 0 Å². The number of anilines is 1. The van der Waals surface area contributed by atoms with Gasteiger partial charge < -0.3 is 21.9 Å². The molecule has 0 bridgehead atoms. The number of hydrogen-bond acceptors (Lipinski definition) is 5. The smallest absolute Gasteiger partial charge is 0.272 e. The Morgan fingerprint density at radius 1 is 1.56 bits per heavy atom. The molecular formula is C9H12N4O3. The molecule has 1 unspecified atom stereocenters. The first-order valence-corrected chi connectivity index (χ1v) is 4.48. The number of primary amides is 1. The van der Waals surface area contributed by atoms with Crippen molar-refractivity contribution in [3.05, 3.63) is 24.0 Å². The fourth-order valence-electron chi connectivity index (χ4n) is 0.981. The predicted molar refractivity (Wildman–Crippen MR) is 56.2 cm³/mol. The summed E-state index contributed by atoms with van der Waals surface area (Å²) in [5, 5.41) is 11.3. The number of nitrogen functional groups attached to an aromatic ring is 1. The minimum atomic E-state index is -1.42. The molecule has 1 rings (SSSR count). The standard InChI is InChI=1S/C9H12N4O3/c10-5-2-1-3-12-7(5)9(16)13-4-6(14)8(11)15/h1-3,6,14H,4,10H2,(H2,11,15)(H,13,16). The zero-order valence-electron chi connectivity index (χ0n) is 8.38. The molecule has 0 aromatic carbocycles. The van der Waals surface area contributed by atoms with E-state index in [1.54, 1.807) is 6.07 Å². The number of rotatable bonds is 4. The lowest BCUT2D eigenvalue weighted by Crippen LogP contribution is -2.40. The van der Waals surface area contributed by atoms with Crippen molar-refractivity contribution in [3.8, 4) is 0 Å². The van der Waals surface area contributed by atoms with Crippen molar-refractivity contribution in [2.45, 2.75) is 6.10 Å². The van der Waals surface area contributed by atoms with Crippen LogP contribution in [-0.2, 0) is 4.79 Å². The van der Waals surface area contributed by atoms with Gasteiger partial charge in [0.1, 0.15) is 6.10 Å². The van der Waals surface area contributed by atoms with Gasteiger partial charge in [0, 0.05) is 6.20 Å². The van der Waals surface area contributed by atoms with Crippen LogP contribution in [0.4, 0.5) is 5.69 Å². The minimum Gasteiger partial charge on any atom is -0.397 e. The lowest BCUT2D eigenvalue weighted by atomic mass is 10.2. The highest BCUT2D eigenvalue weighted by molar-refractivity contribution is 5.97. The Morgan fingerprint density at radius 3 is 2.81 bits per heavy atom. The monoisotopic (exact) mass is 224 g/mol. The highest BCUT2D eigenvalue weighted by Gasteiger charge is 2.15. The Hall–Kier alpha value is -2.15. The van der Waals surface area contributed by atoms with Crippen LogP contribution in [0, 0.1) is 0 Å². The van der Waals surface area contributed by atoms with Crippen LogP contribution in [-0.4, -0.2) is 34.6 Å². The van der Waals surface area contributed by atoms with Crippen LogP contribution < -0.4 is 16.8 Å². The number of carbonyl (C=O) groups is 2. The van der Waals surface area contributed by atoms with E-state index < -0.39 is 17.9 Å². The van der Waals surface area contributed by atoms with E-state index in [0.29, 0.717) is 0 Å². The summed E-state index contributed by atoms with van der Waals surface area (Å²) in [5.74, 6) is -1.48. The van der Waals surface area contributed by atoms with Crippen molar-refractivity contribution in [2.75, 3.05) is 12.3 Å². The number of nitrogens with one attached hydrogen (secondary N) is 1. The van der Waals surface area contributed by atoms with Gasteiger partial charge in [0.05, 0.1) is 12.2 Å². The van der Waals surface area contributed by atoms with E-state index in [-0.39, 0.29) is 17.9 Å². The summed E-state index contributed by atoms with van der Waals surface area (Å²) in [6.45, 7) is -0.274. The van der Waals surface area contributed by atoms with Gasteiger partial charge in [-0.1, -0.05) is 0 Å². The van der Waals surface area contributed by atoms with Crippen LogP contribution in [0.1, 0.15) is 10.5 Å². The number of nitrogens with zero attached hydrogens (tertiary/aromatic N) is 1. The third-order valence-corrected chi connectivity index (χ3v) is 1.84. The Kier molecular flexibility index (Phi) is 3.78. The number of aliphatic hydroxyl groups is 1. The number of amides is 2. The maximum Gasteiger partial charge on any atom is 0.272 e. The number of aromatic nitrogens is 1. The van der Waals surface area contributed by atoms with Crippen molar-refractivity contribution in [3.63, 3.8) is 0 Å². The van der Waals surface area contributed by atoms with Crippen molar-refractivity contribution in [1.82, 2.24) is 10.3 Å². The molecule has 6 N–H and O–H groups in total. The molecule has 1 aromatic rings. The number of carbonyl (C=O) groups excluding carboxylic acids is 2. The first kappa shape index (κ1) is 11.9. The maximum atomic E-state index is 11.5. The average molecular weight is 224 g/mol. The zero-order chi connectivity index (χ0) is 12.1. The van der Waals surface area contributed by atoms with Gasteiger partial charge in [0.2, 0.25) is 5.91 Å². The normalized spacial score (nSPS) is 11.8. The Balaban J connectivity index is 2.60. The van der Waals surface area contributed by atoms with E-state index in [4.69, 9.17) is 16.6 Å². The number of nitrogens with two attached hydrogens (primary N) is 2. The highest BCUT2D eigenvalue weighted by Crippen LogP contribution is 2.05. The first-order valence-electron chi connectivity index (χ1n) is 4.48. The third kappa shape index (κ3) is 2.92. The van der Waals surface area contributed by atoms with Gasteiger partial charge in [-0.25, -0.2) is 4.98 Å². The van der Waals surface area contributed by atoms with Gasteiger partial charge in [-0.3, -0.25) is 9.59 Å². The molecule has 2 amide bonds. The predicted octanol–water partition coefficient (Wildman–Crippen LogP) is -1.76. The summed E-state index contributed by atoms with van der Waals surface area (Å²) >= 11 is 0. The molecule has 7 nitrogen and oxygen atoms in total. The second-order valence-electron chi connectivity index (χ2n) is 3.07. The van der Waals surface area contributed by atoms with Crippen LogP contribution in [0.2, 0.25) is 0 Å². The minimum absolute atomic E-state index is 0.0409. The molecule has 0 radical (unpaired) electrons. The average Bonchev–Trinajstić information content (AvgIpc) is 2.25. The zero-order valence-corrected chi connectivity index (χ0v) is 8.38. The molecule has 0 spiro atoms. The second-order valence-corrected chi connectivity index (χ2v) is 3.07. The molecule has 0 aliphatic carbocycles. The quantitative estimate of drug-likeness (QED) is 0.481. The SMILES string of the molecule is NC(=O)C(O)CNC(=O)c1ncccc1N. The van der Waals surface area contributed by atoms with Crippen molar-refractivity contribution < 1.29 is 14.7 Å². The molecule has 86 valence electrons. The van der Waals surface area contributed by atoms with E-state index in [2.05, 4.69) is 10.3 Å². The molecule has 1 heterocycles. The van der Waals surface area contributed by atoms with Gasteiger partial charge in [-0.15, -0.1) is 0 Å². The fourth-order valence-corrected chi connectivity index (χ4v) is 0.981. The molecule has 7 heteroatoms. The van der Waals surface area contributed by atoms with Crippen molar-refractivity contribution >= 4 is 17.5 Å². The van der Waals surface area contributed by atoms with E-state index in [1.165, 1.54) is 12.3 Å². The molecule has 1 atom stereocenters. The van der Waals surface area contributed by atoms with Gasteiger partial charge >= 0.3 is 0 Å². The summed E-state index contributed by atoms with van der Waals surface area (Å²) in [6, 6.07) is 3.11. The molecule has 0 saturated heterocycles. The molecule has 0 fully saturated rings. The Morgan fingerprint density at radius 2 is 2.25 bits per heavy atom. The molecule has 0 aliphatic rings. The highest BCUT2D eigenvalue weighted by atomic mass is 16.3. The summed E-state index contributed by atoms with van der Waals surface area (Å²) < 4.78 is 0. The molecular weight excluding hydrogens is 212 g/mol. The summed E-state index contributed by atoms with van der Waals surface area (Å²) in [6.07, 6.45) is -0.00984. The second kappa shape index (κ2) is 5.08. The topological polar surface area (TPSA) is 131 Å². The molecule has 16 heavy (non-hydrogen) atoms. The molecule has 0 aliphatic heterocycles. The number of aliphatic hydroxyl groups excluding tert-OH is 1. The molecule has 0 saturated carbocycles. The first-order chi connectivity index (χ1) is 7.52. The van der Waals surface area contributed by atoms with Crippen molar-refractivity contribution in [1.29, 1.82) is 0 Å². The van der Waals surface area contributed by atoms with Crippen LogP contribution in [0.25, 0.3) is 0 Å². The van der Waals surface area contributed by atoms with Crippen LogP contribution >= 0.6 is 0 Å². The van der Waals surface area contributed by atoms with Gasteiger partial charge in [-0.2, -0.15) is 0 Å². The summed E-state index contributed by atoms with van der Waals surface area (Å²) in [7, 11) is 0.